The lowest BCUT2D eigenvalue weighted by molar-refractivity contribution is 0.0590. The minimum atomic E-state index is -0.257. The van der Waals surface area contributed by atoms with E-state index in [9.17, 15) is 4.39 Å². The summed E-state index contributed by atoms with van der Waals surface area (Å²) >= 11 is 0. The van der Waals surface area contributed by atoms with E-state index in [2.05, 4.69) is 10.1 Å². The maximum Gasteiger partial charge on any atom is 0.233 e. The van der Waals surface area contributed by atoms with Crippen LogP contribution in [0.15, 0.2) is 28.8 Å². The molecule has 1 fully saturated rings. The first-order valence-corrected chi connectivity index (χ1v) is 6.62. The maximum absolute atomic E-state index is 12.8. The number of nitrogens with zero attached hydrogens (tertiary/aromatic N) is 2. The Morgan fingerprint density at radius 3 is 2.85 bits per heavy atom. The van der Waals surface area contributed by atoms with Crippen LogP contribution in [0.2, 0.25) is 0 Å². The van der Waals surface area contributed by atoms with E-state index in [1.54, 1.807) is 12.1 Å². The third-order valence-corrected chi connectivity index (χ3v) is 3.49. The van der Waals surface area contributed by atoms with Gasteiger partial charge in [-0.3, -0.25) is 0 Å². The van der Waals surface area contributed by atoms with Crippen molar-refractivity contribution in [3.05, 3.63) is 47.4 Å². The van der Waals surface area contributed by atoms with Gasteiger partial charge in [0.05, 0.1) is 12.5 Å². The van der Waals surface area contributed by atoms with Crippen LogP contribution in [0.1, 0.15) is 29.6 Å². The lowest BCUT2D eigenvalue weighted by Gasteiger charge is -2.25. The first-order valence-electron chi connectivity index (χ1n) is 6.62. The Bertz CT molecular complexity index is 570. The van der Waals surface area contributed by atoms with Crippen LogP contribution in [0.25, 0.3) is 0 Å². The molecule has 1 aliphatic rings. The molecule has 0 radical (unpaired) electrons. The topological polar surface area (TPSA) is 74.2 Å². The van der Waals surface area contributed by atoms with Crippen molar-refractivity contribution in [2.45, 2.75) is 24.8 Å². The van der Waals surface area contributed by atoms with E-state index in [4.69, 9.17) is 15.0 Å². The Hall–Kier alpha value is -1.79. The molecule has 0 saturated carbocycles. The second-order valence-corrected chi connectivity index (χ2v) is 4.99. The van der Waals surface area contributed by atoms with Crippen LogP contribution in [-0.2, 0) is 11.2 Å². The summed E-state index contributed by atoms with van der Waals surface area (Å²) in [4.78, 5) is 4.37. The minimum absolute atomic E-state index is 0.0112. The molecule has 0 aliphatic carbocycles. The van der Waals surface area contributed by atoms with Gasteiger partial charge in [0, 0.05) is 19.1 Å². The van der Waals surface area contributed by atoms with Crippen LogP contribution in [0.4, 0.5) is 4.39 Å². The van der Waals surface area contributed by atoms with E-state index in [0.717, 1.165) is 12.0 Å². The van der Waals surface area contributed by atoms with Gasteiger partial charge in [0.15, 0.2) is 5.82 Å². The van der Waals surface area contributed by atoms with Crippen LogP contribution >= 0.6 is 0 Å². The van der Waals surface area contributed by atoms with E-state index < -0.39 is 0 Å². The molecule has 2 atom stereocenters. The monoisotopic (exact) mass is 277 g/mol. The van der Waals surface area contributed by atoms with Crippen molar-refractivity contribution in [3.8, 4) is 0 Å². The molecule has 1 saturated heterocycles. The zero-order valence-electron chi connectivity index (χ0n) is 11.0. The van der Waals surface area contributed by atoms with Crippen LogP contribution in [0.5, 0.6) is 0 Å². The summed E-state index contributed by atoms with van der Waals surface area (Å²) in [6.45, 7) is 1.19. The van der Waals surface area contributed by atoms with Gasteiger partial charge < -0.3 is 15.0 Å². The van der Waals surface area contributed by atoms with Gasteiger partial charge in [0.1, 0.15) is 5.82 Å². The largest absolute Gasteiger partial charge is 0.381 e. The van der Waals surface area contributed by atoms with Gasteiger partial charge in [-0.25, -0.2) is 4.39 Å². The molecule has 2 N–H and O–H groups in total. The molecule has 5 nitrogen and oxygen atoms in total. The number of aromatic nitrogens is 2. The molecule has 2 aromatic rings. The number of nitrogens with two attached hydrogens (primary N) is 1. The Morgan fingerprint density at radius 1 is 1.30 bits per heavy atom. The Balaban J connectivity index is 1.71. The fourth-order valence-electron chi connectivity index (χ4n) is 2.28. The van der Waals surface area contributed by atoms with Gasteiger partial charge in [-0.05, 0) is 24.1 Å². The van der Waals surface area contributed by atoms with Crippen LogP contribution in [0.3, 0.4) is 0 Å². The van der Waals surface area contributed by atoms with Gasteiger partial charge in [-0.2, -0.15) is 4.98 Å². The summed E-state index contributed by atoms with van der Waals surface area (Å²) in [5.41, 5.74) is 6.97. The average Bonchev–Trinajstić information content (AvgIpc) is 2.90. The highest BCUT2D eigenvalue weighted by Gasteiger charge is 2.29. The predicted octanol–water partition coefficient (Wildman–Crippen LogP) is 1.63. The molecule has 1 aromatic carbocycles. The van der Waals surface area contributed by atoms with Gasteiger partial charge in [-0.15, -0.1) is 0 Å². The van der Waals surface area contributed by atoms with Gasteiger partial charge >= 0.3 is 0 Å². The molecule has 0 bridgehead atoms. The molecule has 106 valence electrons. The number of hydrogen-bond acceptors (Lipinski definition) is 5. The molecule has 20 heavy (non-hydrogen) atoms. The smallest absolute Gasteiger partial charge is 0.233 e. The summed E-state index contributed by atoms with van der Waals surface area (Å²) in [7, 11) is 0. The fourth-order valence-corrected chi connectivity index (χ4v) is 2.28. The normalized spacial score (nSPS) is 22.9. The summed E-state index contributed by atoms with van der Waals surface area (Å²) in [5, 5.41) is 3.95. The first kappa shape index (κ1) is 13.2. The third kappa shape index (κ3) is 2.86. The number of rotatable bonds is 3. The predicted molar refractivity (Wildman–Crippen MR) is 69.7 cm³/mol. The van der Waals surface area contributed by atoms with Crippen molar-refractivity contribution in [3.63, 3.8) is 0 Å². The summed E-state index contributed by atoms with van der Waals surface area (Å²) < 4.78 is 23.5. The molecule has 0 amide bonds. The maximum atomic E-state index is 12.8. The van der Waals surface area contributed by atoms with Crippen molar-refractivity contribution in [1.82, 2.24) is 10.1 Å². The number of ether oxygens (including phenoxy) is 1. The van der Waals surface area contributed by atoms with Crippen molar-refractivity contribution in [2.75, 3.05) is 13.2 Å². The van der Waals surface area contributed by atoms with E-state index in [1.165, 1.54) is 12.1 Å². The fraction of sp³-hybridized carbons (Fsp3) is 0.429. The summed E-state index contributed by atoms with van der Waals surface area (Å²) in [6, 6.07) is 6.24. The Kier molecular flexibility index (Phi) is 3.75. The molecule has 2 heterocycles. The standard InChI is InChI=1S/C14H16FN3O2/c15-10-3-1-9(2-4-10)7-13-17-14(20-18-13)11-8-19-6-5-12(11)16/h1-4,11-12H,5-8,16H2. The number of hydrogen-bond donors (Lipinski definition) is 1. The summed E-state index contributed by atoms with van der Waals surface area (Å²) in [6.07, 6.45) is 1.30. The zero-order valence-corrected chi connectivity index (χ0v) is 11.0. The highest BCUT2D eigenvalue weighted by molar-refractivity contribution is 5.19. The quantitative estimate of drug-likeness (QED) is 0.923. The lowest BCUT2D eigenvalue weighted by Crippen LogP contribution is -2.37. The van der Waals surface area contributed by atoms with E-state index in [1.807, 2.05) is 0 Å². The molecule has 1 aliphatic heterocycles. The van der Waals surface area contributed by atoms with Crippen molar-refractivity contribution in [2.24, 2.45) is 5.73 Å². The van der Waals surface area contributed by atoms with Gasteiger partial charge in [0.2, 0.25) is 5.89 Å². The van der Waals surface area contributed by atoms with Gasteiger partial charge in [0.25, 0.3) is 0 Å². The molecule has 6 heteroatoms. The molecular weight excluding hydrogens is 261 g/mol. The molecule has 1 aromatic heterocycles. The second kappa shape index (κ2) is 5.68. The zero-order chi connectivity index (χ0) is 13.9. The lowest BCUT2D eigenvalue weighted by atomic mass is 9.97. The van der Waals surface area contributed by atoms with Crippen molar-refractivity contribution >= 4 is 0 Å². The van der Waals surface area contributed by atoms with Crippen LogP contribution < -0.4 is 5.73 Å². The molecule has 0 spiro atoms. The molecular formula is C14H16FN3O2. The highest BCUT2D eigenvalue weighted by atomic mass is 19.1. The van der Waals surface area contributed by atoms with E-state index in [0.29, 0.717) is 31.3 Å². The van der Waals surface area contributed by atoms with E-state index >= 15 is 0 Å². The number of halogens is 1. The SMILES string of the molecule is NC1CCOCC1c1nc(Cc2ccc(F)cc2)no1. The Morgan fingerprint density at radius 2 is 2.10 bits per heavy atom. The van der Waals surface area contributed by atoms with Crippen LogP contribution in [0, 0.1) is 5.82 Å². The second-order valence-electron chi connectivity index (χ2n) is 4.99. The first-order chi connectivity index (χ1) is 9.72. The Labute approximate surface area is 115 Å². The number of benzene rings is 1. The third-order valence-electron chi connectivity index (χ3n) is 3.49. The molecule has 3 rings (SSSR count). The van der Waals surface area contributed by atoms with Gasteiger partial charge in [-0.1, -0.05) is 17.3 Å². The minimum Gasteiger partial charge on any atom is -0.381 e. The van der Waals surface area contributed by atoms with E-state index in [-0.39, 0.29) is 17.8 Å². The average molecular weight is 277 g/mol. The van der Waals surface area contributed by atoms with Crippen LogP contribution in [-0.4, -0.2) is 29.4 Å². The van der Waals surface area contributed by atoms with Crippen molar-refractivity contribution < 1.29 is 13.7 Å². The molecule has 2 unspecified atom stereocenters. The van der Waals surface area contributed by atoms with Crippen molar-refractivity contribution in [1.29, 1.82) is 0 Å². The highest BCUT2D eigenvalue weighted by Crippen LogP contribution is 2.23. The summed E-state index contributed by atoms with van der Waals surface area (Å²) in [5.74, 6) is 0.796.